The summed E-state index contributed by atoms with van der Waals surface area (Å²) in [5, 5.41) is 2.83. The van der Waals surface area contributed by atoms with Crippen LogP contribution in [0, 0.1) is 0 Å². The predicted octanol–water partition coefficient (Wildman–Crippen LogP) is 5.05. The minimum atomic E-state index is -0.380. The van der Waals surface area contributed by atoms with Crippen molar-refractivity contribution in [2.45, 2.75) is 6.42 Å². The fraction of sp³-hybridized carbons (Fsp3) is 0.0417. The summed E-state index contributed by atoms with van der Waals surface area (Å²) in [5.41, 5.74) is 2.81. The molecule has 6 heteroatoms. The van der Waals surface area contributed by atoms with E-state index in [0.29, 0.717) is 22.4 Å². The van der Waals surface area contributed by atoms with Crippen LogP contribution in [0.25, 0.3) is 0 Å². The van der Waals surface area contributed by atoms with Crippen LogP contribution in [0.15, 0.2) is 89.6 Å². The van der Waals surface area contributed by atoms with E-state index in [2.05, 4.69) is 5.32 Å². The summed E-state index contributed by atoms with van der Waals surface area (Å²) in [6.07, 6.45) is 0.276. The first-order valence-corrected chi connectivity index (χ1v) is 9.45. The van der Waals surface area contributed by atoms with Crippen LogP contribution in [0.2, 0.25) is 0 Å². The molecule has 1 aliphatic carbocycles. The van der Waals surface area contributed by atoms with Gasteiger partial charge in [-0.3, -0.25) is 14.4 Å². The summed E-state index contributed by atoms with van der Waals surface area (Å²) in [6.45, 7) is 0. The van der Waals surface area contributed by atoms with Gasteiger partial charge in [0, 0.05) is 61.5 Å². The monoisotopic (exact) mass is 490 g/mol. The van der Waals surface area contributed by atoms with E-state index in [4.69, 9.17) is 11.6 Å². The maximum Gasteiger partial charge on any atom is 0.211 e. The van der Waals surface area contributed by atoms with Gasteiger partial charge in [-0.25, -0.2) is 0 Å². The van der Waals surface area contributed by atoms with E-state index >= 15 is 0 Å². The van der Waals surface area contributed by atoms with Crippen LogP contribution in [-0.2, 0) is 39.1 Å². The first-order chi connectivity index (χ1) is 14.0. The largest absolute Gasteiger partial charge is 0.351 e. The molecule has 0 amide bonds. The zero-order chi connectivity index (χ0) is 20.4. The molecule has 3 aromatic rings. The molecule has 145 valence electrons. The van der Waals surface area contributed by atoms with Crippen LogP contribution in [-0.4, -0.2) is 17.3 Å². The van der Waals surface area contributed by atoms with E-state index in [1.165, 1.54) is 0 Å². The van der Waals surface area contributed by atoms with E-state index < -0.39 is 0 Å². The fourth-order valence-corrected chi connectivity index (χ4v) is 3.45. The van der Waals surface area contributed by atoms with Gasteiger partial charge in [0.15, 0.2) is 5.78 Å². The van der Waals surface area contributed by atoms with Gasteiger partial charge in [0.1, 0.15) is 10.7 Å². The number of Topliss-reactive ketones (excluding diaryl/α,β-unsaturated/α-hetero) is 3. The first-order valence-electron chi connectivity index (χ1n) is 9.07. The number of fused-ring (bicyclic) bond motifs is 1. The number of carbonyl (C=O) groups excluding carboxylic acids is 3. The molecule has 0 saturated carbocycles. The molecule has 0 spiro atoms. The molecular weight excluding hydrogens is 475 g/mol. The molecular formula is C24H16ClNO3Y. The standard InChI is InChI=1S/C24H16ClNO3.Y/c25-21-22(24(29)19-9-5-4-8-18(19)23(21)28)26-17-12-10-15(11-13-17)14-20(27)16-6-2-1-3-7-16;/h1-13,26H,14H2;. The van der Waals surface area contributed by atoms with Gasteiger partial charge in [0.25, 0.3) is 0 Å². The average molecular weight is 491 g/mol. The number of carbonyl (C=O) groups is 3. The number of anilines is 1. The third-order valence-electron chi connectivity index (χ3n) is 4.75. The van der Waals surface area contributed by atoms with Crippen molar-refractivity contribution in [1.82, 2.24) is 0 Å². The summed E-state index contributed by atoms with van der Waals surface area (Å²) in [6, 6.07) is 22.8. The van der Waals surface area contributed by atoms with Gasteiger partial charge in [-0.2, -0.15) is 0 Å². The molecule has 1 radical (unpaired) electrons. The van der Waals surface area contributed by atoms with Crippen molar-refractivity contribution in [2.24, 2.45) is 0 Å². The Morgan fingerprint density at radius 3 is 1.97 bits per heavy atom. The molecule has 4 rings (SSSR count). The van der Waals surface area contributed by atoms with E-state index in [9.17, 15) is 14.4 Å². The van der Waals surface area contributed by atoms with Gasteiger partial charge in [-0.05, 0) is 17.7 Å². The second-order valence-electron chi connectivity index (χ2n) is 6.68. The quantitative estimate of drug-likeness (QED) is 0.508. The number of rotatable bonds is 5. The molecule has 0 aromatic heterocycles. The second-order valence-corrected chi connectivity index (χ2v) is 7.06. The van der Waals surface area contributed by atoms with Crippen LogP contribution >= 0.6 is 11.6 Å². The zero-order valence-corrected chi connectivity index (χ0v) is 19.5. The molecule has 4 nitrogen and oxygen atoms in total. The summed E-state index contributed by atoms with van der Waals surface area (Å²) < 4.78 is 0. The molecule has 0 heterocycles. The Bertz CT molecular complexity index is 1150. The molecule has 1 N–H and O–H groups in total. The molecule has 0 fully saturated rings. The van der Waals surface area contributed by atoms with Crippen LogP contribution in [0.1, 0.15) is 36.6 Å². The summed E-state index contributed by atoms with van der Waals surface area (Å²) >= 11 is 6.18. The Balaban J connectivity index is 0.00000256. The predicted molar refractivity (Wildman–Crippen MR) is 113 cm³/mol. The van der Waals surface area contributed by atoms with Crippen molar-refractivity contribution < 1.29 is 47.1 Å². The average Bonchev–Trinajstić information content (AvgIpc) is 2.77. The molecule has 0 saturated heterocycles. The van der Waals surface area contributed by atoms with Crippen molar-refractivity contribution in [3.05, 3.63) is 112 Å². The SMILES string of the molecule is O=C(Cc1ccc(NC2=C(Cl)C(=O)c3ccccc3C2=O)cc1)c1ccccc1.[Y]. The summed E-state index contributed by atoms with van der Waals surface area (Å²) in [4.78, 5) is 37.5. The summed E-state index contributed by atoms with van der Waals surface area (Å²) in [7, 11) is 0. The number of nitrogens with one attached hydrogen (secondary N) is 1. The van der Waals surface area contributed by atoms with Crippen LogP contribution < -0.4 is 5.32 Å². The van der Waals surface area contributed by atoms with Crippen molar-refractivity contribution in [3.8, 4) is 0 Å². The maximum atomic E-state index is 12.7. The van der Waals surface area contributed by atoms with E-state index in [1.807, 2.05) is 18.2 Å². The molecule has 1 aliphatic rings. The van der Waals surface area contributed by atoms with Crippen LogP contribution in [0.4, 0.5) is 5.69 Å². The minimum Gasteiger partial charge on any atom is -0.351 e. The van der Waals surface area contributed by atoms with E-state index in [0.717, 1.165) is 5.56 Å². The van der Waals surface area contributed by atoms with Crippen LogP contribution in [0.3, 0.4) is 0 Å². The Labute approximate surface area is 204 Å². The van der Waals surface area contributed by atoms with Gasteiger partial charge in [-0.15, -0.1) is 0 Å². The van der Waals surface area contributed by atoms with Gasteiger partial charge < -0.3 is 5.32 Å². The van der Waals surface area contributed by atoms with Crippen molar-refractivity contribution >= 4 is 34.6 Å². The Morgan fingerprint density at radius 1 is 0.767 bits per heavy atom. The topological polar surface area (TPSA) is 63.2 Å². The smallest absolute Gasteiger partial charge is 0.211 e. The van der Waals surface area contributed by atoms with Crippen molar-refractivity contribution in [2.75, 3.05) is 5.32 Å². The van der Waals surface area contributed by atoms with Gasteiger partial charge in [-0.1, -0.05) is 78.3 Å². The van der Waals surface area contributed by atoms with E-state index in [-0.39, 0.29) is 67.2 Å². The molecule has 0 unspecified atom stereocenters. The molecule has 0 atom stereocenters. The third kappa shape index (κ3) is 4.51. The maximum absolute atomic E-state index is 12.7. The number of hydrogen-bond donors (Lipinski definition) is 1. The number of hydrogen-bond acceptors (Lipinski definition) is 4. The minimum absolute atomic E-state index is 0. The molecule has 30 heavy (non-hydrogen) atoms. The molecule has 0 aliphatic heterocycles. The van der Waals surface area contributed by atoms with E-state index in [1.54, 1.807) is 60.7 Å². The van der Waals surface area contributed by atoms with Crippen LogP contribution in [0.5, 0.6) is 0 Å². The first kappa shape index (κ1) is 22.3. The summed E-state index contributed by atoms with van der Waals surface area (Å²) in [5.74, 6) is -0.676. The van der Waals surface area contributed by atoms with Gasteiger partial charge in [0.2, 0.25) is 11.6 Å². The number of benzene rings is 3. The van der Waals surface area contributed by atoms with Gasteiger partial charge >= 0.3 is 0 Å². The fourth-order valence-electron chi connectivity index (χ4n) is 3.22. The molecule has 0 bridgehead atoms. The Kier molecular flexibility index (Phi) is 7.14. The third-order valence-corrected chi connectivity index (χ3v) is 5.11. The molecule has 3 aromatic carbocycles. The van der Waals surface area contributed by atoms with Crippen molar-refractivity contribution in [1.29, 1.82) is 0 Å². The zero-order valence-electron chi connectivity index (χ0n) is 15.9. The number of ketones is 3. The number of halogens is 1. The normalized spacial score (nSPS) is 12.8. The van der Waals surface area contributed by atoms with Crippen molar-refractivity contribution in [3.63, 3.8) is 0 Å². The Morgan fingerprint density at radius 2 is 1.33 bits per heavy atom. The number of allylic oxidation sites excluding steroid dienone is 2. The second kappa shape index (κ2) is 9.61. The Hall–Kier alpha value is -2.40. The van der Waals surface area contributed by atoms with Gasteiger partial charge in [0.05, 0.1) is 0 Å².